The normalized spacial score (nSPS) is 11.7. The number of carbonyl (C=O) groups excluding carboxylic acids is 1. The largest absolute Gasteiger partial charge is 0.456 e. The van der Waals surface area contributed by atoms with Gasteiger partial charge in [-0.15, -0.1) is 0 Å². The lowest BCUT2D eigenvalue weighted by Crippen LogP contribution is -2.38. The van der Waals surface area contributed by atoms with Gasteiger partial charge in [0, 0.05) is 20.2 Å². The molecule has 0 bridgehead atoms. The fraction of sp³-hybridized carbons (Fsp3) is 0.176. The average Bonchev–Trinajstić information content (AvgIpc) is 2.66. The molecule has 0 atom stereocenters. The van der Waals surface area contributed by atoms with Gasteiger partial charge in [-0.05, 0) is 30.3 Å². The fourth-order valence-electron chi connectivity index (χ4n) is 2.23. The van der Waals surface area contributed by atoms with Gasteiger partial charge < -0.3 is 10.1 Å². The number of ether oxygens (including phenoxy) is 1. The zero-order chi connectivity index (χ0) is 21.8. The highest BCUT2D eigenvalue weighted by atomic mass is 35.5. The minimum absolute atomic E-state index is 0.0344. The van der Waals surface area contributed by atoms with E-state index in [0.717, 1.165) is 18.2 Å². The molecule has 0 radical (unpaired) electrons. The van der Waals surface area contributed by atoms with E-state index in [1.807, 2.05) is 0 Å². The highest BCUT2D eigenvalue weighted by molar-refractivity contribution is 6.32. The van der Waals surface area contributed by atoms with Crippen molar-refractivity contribution in [2.24, 2.45) is 4.99 Å². The van der Waals surface area contributed by atoms with E-state index in [1.54, 1.807) is 0 Å². The first-order valence-electron chi connectivity index (χ1n) is 7.85. The van der Waals surface area contributed by atoms with Gasteiger partial charge in [-0.3, -0.25) is 20.4 Å². The van der Waals surface area contributed by atoms with E-state index >= 15 is 0 Å². The van der Waals surface area contributed by atoms with Crippen LogP contribution in [-0.2, 0) is 6.18 Å². The van der Waals surface area contributed by atoms with E-state index in [4.69, 9.17) is 16.3 Å². The van der Waals surface area contributed by atoms with E-state index < -0.39 is 22.7 Å². The van der Waals surface area contributed by atoms with Crippen molar-refractivity contribution in [3.8, 4) is 11.5 Å². The summed E-state index contributed by atoms with van der Waals surface area (Å²) in [6.45, 7) is 0. The van der Waals surface area contributed by atoms with Crippen molar-refractivity contribution in [1.29, 1.82) is 0 Å². The molecular weight excluding hydrogens is 417 g/mol. The van der Waals surface area contributed by atoms with E-state index in [0.29, 0.717) is 6.07 Å². The van der Waals surface area contributed by atoms with E-state index in [2.05, 4.69) is 15.6 Å². The Morgan fingerprint density at radius 2 is 1.93 bits per heavy atom. The molecule has 0 heterocycles. The van der Waals surface area contributed by atoms with Crippen LogP contribution in [0.3, 0.4) is 0 Å². The Bertz CT molecular complexity index is 980. The van der Waals surface area contributed by atoms with Gasteiger partial charge in [0.05, 0.1) is 21.1 Å². The summed E-state index contributed by atoms with van der Waals surface area (Å²) in [5.41, 5.74) is -1.39. The van der Waals surface area contributed by atoms with Gasteiger partial charge in [-0.2, -0.15) is 13.2 Å². The smallest absolute Gasteiger partial charge is 0.416 e. The molecular formula is C17H14ClF3N4O4. The topological polar surface area (TPSA) is 106 Å². The maximum absolute atomic E-state index is 12.7. The van der Waals surface area contributed by atoms with Gasteiger partial charge in [0.25, 0.3) is 5.69 Å². The molecule has 0 saturated heterocycles. The first-order valence-corrected chi connectivity index (χ1v) is 8.23. The molecule has 2 N–H and O–H groups in total. The highest BCUT2D eigenvalue weighted by Crippen LogP contribution is 2.37. The second-order valence-electron chi connectivity index (χ2n) is 5.46. The zero-order valence-corrected chi connectivity index (χ0v) is 15.8. The number of hydrogen-bond donors (Lipinski definition) is 2. The van der Waals surface area contributed by atoms with E-state index in [9.17, 15) is 28.1 Å². The van der Waals surface area contributed by atoms with E-state index in [1.165, 1.54) is 26.2 Å². The summed E-state index contributed by atoms with van der Waals surface area (Å²) in [4.78, 5) is 26.0. The summed E-state index contributed by atoms with van der Waals surface area (Å²) >= 11 is 5.86. The summed E-state index contributed by atoms with van der Waals surface area (Å²) in [6, 6.07) is 5.43. The second-order valence-corrected chi connectivity index (χ2v) is 5.86. The van der Waals surface area contributed by atoms with Crippen LogP contribution in [0.5, 0.6) is 11.5 Å². The molecule has 8 nitrogen and oxygen atoms in total. The zero-order valence-electron chi connectivity index (χ0n) is 15.0. The molecule has 0 fully saturated rings. The quantitative estimate of drug-likeness (QED) is 0.325. The summed E-state index contributed by atoms with van der Waals surface area (Å²) in [6.07, 6.45) is -4.57. The lowest BCUT2D eigenvalue weighted by Gasteiger charge is -2.13. The number of aliphatic imine (C=N–C) groups is 1. The molecule has 154 valence electrons. The molecule has 0 aliphatic carbocycles. The predicted octanol–water partition coefficient (Wildman–Crippen LogP) is 4.36. The standard InChI is InChI=1S/C17H14ClF3N4O4/c1-22-15(24-16(26)23-2)11-8-10(4-5-13(11)25(27)28)29-14-6-3-9(7-12(14)18)17(19,20)21/h3-8H,1-2H3,(H2,22,23,24,26). The van der Waals surface area contributed by atoms with Crippen LogP contribution >= 0.6 is 11.6 Å². The number of nitro groups is 1. The number of urea groups is 1. The Kier molecular flexibility index (Phi) is 6.64. The van der Waals surface area contributed by atoms with Gasteiger partial charge in [-0.1, -0.05) is 11.6 Å². The number of nitrogens with one attached hydrogen (secondary N) is 2. The summed E-state index contributed by atoms with van der Waals surface area (Å²) < 4.78 is 43.7. The van der Waals surface area contributed by atoms with Crippen LogP contribution in [0.4, 0.5) is 23.7 Å². The van der Waals surface area contributed by atoms with Crippen molar-refractivity contribution in [2.45, 2.75) is 6.18 Å². The second kappa shape index (κ2) is 8.78. The van der Waals surface area contributed by atoms with E-state index in [-0.39, 0.29) is 33.6 Å². The molecule has 0 aromatic heterocycles. The minimum atomic E-state index is -4.57. The molecule has 12 heteroatoms. The van der Waals surface area contributed by atoms with Gasteiger partial charge in [0.2, 0.25) is 0 Å². The molecule has 29 heavy (non-hydrogen) atoms. The summed E-state index contributed by atoms with van der Waals surface area (Å²) in [5.74, 6) is -0.166. The van der Waals surface area contributed by atoms with Crippen LogP contribution in [0.2, 0.25) is 5.02 Å². The lowest BCUT2D eigenvalue weighted by atomic mass is 10.1. The average molecular weight is 431 g/mol. The number of amidine groups is 1. The third-order valence-corrected chi connectivity index (χ3v) is 3.88. The summed E-state index contributed by atoms with van der Waals surface area (Å²) in [7, 11) is 2.67. The van der Waals surface area contributed by atoms with Crippen molar-refractivity contribution in [3.05, 3.63) is 62.7 Å². The molecule has 0 aliphatic heterocycles. The molecule has 0 spiro atoms. The fourth-order valence-corrected chi connectivity index (χ4v) is 2.45. The van der Waals surface area contributed by atoms with Crippen molar-refractivity contribution in [2.75, 3.05) is 14.1 Å². The Morgan fingerprint density at radius 1 is 1.24 bits per heavy atom. The Balaban J connectivity index is 2.43. The number of nitrogens with zero attached hydrogens (tertiary/aromatic N) is 2. The predicted molar refractivity (Wildman–Crippen MR) is 99.7 cm³/mol. The molecule has 2 rings (SSSR count). The molecule has 0 unspecified atom stereocenters. The van der Waals surface area contributed by atoms with Gasteiger partial charge >= 0.3 is 12.2 Å². The van der Waals surface area contributed by atoms with Crippen LogP contribution in [0.1, 0.15) is 11.1 Å². The van der Waals surface area contributed by atoms with Crippen molar-refractivity contribution < 1.29 is 27.6 Å². The molecule has 0 aliphatic rings. The van der Waals surface area contributed by atoms with Crippen molar-refractivity contribution >= 4 is 29.2 Å². The Hall–Kier alpha value is -3.34. The van der Waals surface area contributed by atoms with Crippen LogP contribution in [-0.4, -0.2) is 30.9 Å². The monoisotopic (exact) mass is 430 g/mol. The number of rotatable bonds is 4. The number of alkyl halides is 3. The molecule has 2 aromatic carbocycles. The van der Waals surface area contributed by atoms with Gasteiger partial charge in [0.15, 0.2) is 0 Å². The summed E-state index contributed by atoms with van der Waals surface area (Å²) in [5, 5.41) is 15.6. The van der Waals surface area contributed by atoms with Crippen LogP contribution in [0.25, 0.3) is 0 Å². The minimum Gasteiger partial charge on any atom is -0.456 e. The van der Waals surface area contributed by atoms with Gasteiger partial charge in [-0.25, -0.2) is 4.79 Å². The van der Waals surface area contributed by atoms with Crippen molar-refractivity contribution in [3.63, 3.8) is 0 Å². The first-order chi connectivity index (χ1) is 13.6. The highest BCUT2D eigenvalue weighted by Gasteiger charge is 2.31. The number of benzene rings is 2. The lowest BCUT2D eigenvalue weighted by molar-refractivity contribution is -0.385. The molecule has 0 saturated carbocycles. The number of hydrogen-bond acceptors (Lipinski definition) is 5. The Morgan fingerprint density at radius 3 is 2.45 bits per heavy atom. The number of nitro benzene ring substituents is 1. The maximum atomic E-state index is 12.7. The number of carbonyl (C=O) groups is 1. The van der Waals surface area contributed by atoms with Crippen LogP contribution in [0, 0.1) is 10.1 Å². The SMILES string of the molecule is CN=C(NC(=O)NC)c1cc(Oc2ccc(C(F)(F)F)cc2Cl)ccc1[N+](=O)[O-]. The molecule has 2 amide bonds. The van der Waals surface area contributed by atoms with Crippen LogP contribution in [0.15, 0.2) is 41.4 Å². The third kappa shape index (κ3) is 5.35. The molecule has 2 aromatic rings. The van der Waals surface area contributed by atoms with Crippen LogP contribution < -0.4 is 15.4 Å². The van der Waals surface area contributed by atoms with Gasteiger partial charge in [0.1, 0.15) is 17.3 Å². The first kappa shape index (κ1) is 22.0. The number of amides is 2. The third-order valence-electron chi connectivity index (χ3n) is 3.59. The number of halogens is 4. The Labute approximate surface area is 167 Å². The van der Waals surface area contributed by atoms with Crippen molar-refractivity contribution in [1.82, 2.24) is 10.6 Å². The maximum Gasteiger partial charge on any atom is 0.416 e.